The van der Waals surface area contributed by atoms with Gasteiger partial charge in [0.1, 0.15) is 6.04 Å². The maximum Gasteiger partial charge on any atom is 0.326 e. The Morgan fingerprint density at radius 3 is 2.61 bits per heavy atom. The highest BCUT2D eigenvalue weighted by Crippen LogP contribution is 2.26. The van der Waals surface area contributed by atoms with E-state index in [0.29, 0.717) is 13.0 Å². The molecule has 0 radical (unpaired) electrons. The Balaban J connectivity index is 2.91. The van der Waals surface area contributed by atoms with E-state index in [1.165, 1.54) is 4.90 Å². The molecule has 1 rings (SSSR count). The normalized spacial score (nSPS) is 27.7. The van der Waals surface area contributed by atoms with Crippen molar-refractivity contribution in [1.29, 1.82) is 0 Å². The Labute approximate surface area is 108 Å². The molecule has 18 heavy (non-hydrogen) atoms. The maximum absolute atomic E-state index is 12.4. The predicted octanol–water partition coefficient (Wildman–Crippen LogP) is 1.22. The smallest absolute Gasteiger partial charge is 0.326 e. The SMILES string of the molecule is CCCC(C)(N)C(=O)N1CCCC(C)C1C(=O)O. The second-order valence-corrected chi connectivity index (χ2v) is 5.57. The molecule has 1 heterocycles. The van der Waals surface area contributed by atoms with E-state index in [1.54, 1.807) is 6.92 Å². The van der Waals surface area contributed by atoms with Gasteiger partial charge < -0.3 is 15.7 Å². The highest BCUT2D eigenvalue weighted by molar-refractivity contribution is 5.90. The van der Waals surface area contributed by atoms with Gasteiger partial charge in [-0.3, -0.25) is 4.79 Å². The molecule has 0 aliphatic carbocycles. The molecule has 5 nitrogen and oxygen atoms in total. The molecule has 0 spiro atoms. The summed E-state index contributed by atoms with van der Waals surface area (Å²) >= 11 is 0. The lowest BCUT2D eigenvalue weighted by Crippen LogP contribution is -2.60. The molecule has 0 saturated carbocycles. The first kappa shape index (κ1) is 15.0. The van der Waals surface area contributed by atoms with E-state index in [0.717, 1.165) is 19.3 Å². The van der Waals surface area contributed by atoms with E-state index in [4.69, 9.17) is 5.73 Å². The molecule has 5 heteroatoms. The lowest BCUT2D eigenvalue weighted by Gasteiger charge is -2.41. The number of carboxylic acids is 1. The third-order valence-corrected chi connectivity index (χ3v) is 3.71. The van der Waals surface area contributed by atoms with Crippen LogP contribution in [0.25, 0.3) is 0 Å². The maximum atomic E-state index is 12.4. The number of hydrogen-bond donors (Lipinski definition) is 2. The molecule has 3 unspecified atom stereocenters. The molecule has 1 amide bonds. The molecule has 1 saturated heterocycles. The van der Waals surface area contributed by atoms with Crippen molar-refractivity contribution in [2.24, 2.45) is 11.7 Å². The zero-order valence-corrected chi connectivity index (χ0v) is 11.5. The molecule has 3 N–H and O–H groups in total. The highest BCUT2D eigenvalue weighted by atomic mass is 16.4. The summed E-state index contributed by atoms with van der Waals surface area (Å²) in [7, 11) is 0. The van der Waals surface area contributed by atoms with Crippen molar-refractivity contribution in [1.82, 2.24) is 4.90 Å². The minimum atomic E-state index is -0.959. The van der Waals surface area contributed by atoms with Gasteiger partial charge in [-0.2, -0.15) is 0 Å². The van der Waals surface area contributed by atoms with Crippen LogP contribution < -0.4 is 5.73 Å². The Hall–Kier alpha value is -1.10. The summed E-state index contributed by atoms with van der Waals surface area (Å²) in [6.07, 6.45) is 3.07. The van der Waals surface area contributed by atoms with Crippen molar-refractivity contribution >= 4 is 11.9 Å². The molecule has 1 aliphatic rings. The third-order valence-electron chi connectivity index (χ3n) is 3.71. The fraction of sp³-hybridized carbons (Fsp3) is 0.846. The van der Waals surface area contributed by atoms with Crippen molar-refractivity contribution in [2.75, 3.05) is 6.54 Å². The van der Waals surface area contributed by atoms with Crippen LogP contribution in [0, 0.1) is 5.92 Å². The van der Waals surface area contributed by atoms with E-state index in [-0.39, 0.29) is 11.8 Å². The molecule has 3 atom stereocenters. The van der Waals surface area contributed by atoms with Crippen LogP contribution in [0.5, 0.6) is 0 Å². The van der Waals surface area contributed by atoms with Gasteiger partial charge in [0, 0.05) is 6.54 Å². The first-order valence-corrected chi connectivity index (χ1v) is 6.64. The number of likely N-dealkylation sites (tertiary alicyclic amines) is 1. The van der Waals surface area contributed by atoms with Gasteiger partial charge in [-0.1, -0.05) is 20.3 Å². The second kappa shape index (κ2) is 5.69. The molecule has 0 aromatic carbocycles. The summed E-state index contributed by atoms with van der Waals surface area (Å²) < 4.78 is 0. The summed E-state index contributed by atoms with van der Waals surface area (Å²) in [4.78, 5) is 25.2. The van der Waals surface area contributed by atoms with E-state index in [1.807, 2.05) is 13.8 Å². The molecular formula is C13H24N2O3. The Bertz CT molecular complexity index is 328. The summed E-state index contributed by atoms with van der Waals surface area (Å²) in [6.45, 7) is 6.03. The van der Waals surface area contributed by atoms with Crippen molar-refractivity contribution in [3.63, 3.8) is 0 Å². The summed E-state index contributed by atoms with van der Waals surface area (Å²) in [5.74, 6) is -1.18. The predicted molar refractivity (Wildman–Crippen MR) is 69.0 cm³/mol. The summed E-state index contributed by atoms with van der Waals surface area (Å²) in [6, 6.07) is -0.731. The van der Waals surface area contributed by atoms with Gasteiger partial charge in [0.05, 0.1) is 5.54 Å². The van der Waals surface area contributed by atoms with Crippen LogP contribution in [-0.4, -0.2) is 40.0 Å². The fourth-order valence-electron chi connectivity index (χ4n) is 2.75. The first-order chi connectivity index (χ1) is 8.31. The lowest BCUT2D eigenvalue weighted by molar-refractivity contribution is -0.157. The third kappa shape index (κ3) is 3.02. The number of aliphatic carboxylic acids is 1. The standard InChI is InChI=1S/C13H24N2O3/c1-4-7-13(3,14)12(18)15-8-5-6-9(2)10(15)11(16)17/h9-10H,4-8,14H2,1-3H3,(H,16,17). The van der Waals surface area contributed by atoms with Crippen LogP contribution in [0.3, 0.4) is 0 Å². The van der Waals surface area contributed by atoms with Crippen molar-refractivity contribution < 1.29 is 14.7 Å². The number of carbonyl (C=O) groups is 2. The van der Waals surface area contributed by atoms with Gasteiger partial charge in [-0.25, -0.2) is 4.79 Å². The lowest BCUT2D eigenvalue weighted by atomic mass is 9.87. The Kier molecular flexibility index (Phi) is 4.73. The van der Waals surface area contributed by atoms with E-state index < -0.39 is 17.6 Å². The van der Waals surface area contributed by atoms with Gasteiger partial charge in [-0.05, 0) is 32.1 Å². The Morgan fingerprint density at radius 2 is 2.11 bits per heavy atom. The average Bonchev–Trinajstić information content (AvgIpc) is 2.27. The van der Waals surface area contributed by atoms with Crippen molar-refractivity contribution in [3.8, 4) is 0 Å². The fourth-order valence-corrected chi connectivity index (χ4v) is 2.75. The van der Waals surface area contributed by atoms with Crippen LogP contribution in [0.2, 0.25) is 0 Å². The van der Waals surface area contributed by atoms with Crippen LogP contribution in [0.1, 0.15) is 46.5 Å². The molecule has 0 aromatic heterocycles. The topological polar surface area (TPSA) is 83.6 Å². The molecule has 0 bridgehead atoms. The van der Waals surface area contributed by atoms with Crippen molar-refractivity contribution in [3.05, 3.63) is 0 Å². The molecule has 104 valence electrons. The van der Waals surface area contributed by atoms with E-state index in [9.17, 15) is 14.7 Å². The quantitative estimate of drug-likeness (QED) is 0.792. The van der Waals surface area contributed by atoms with Gasteiger partial charge in [0.25, 0.3) is 0 Å². The number of piperidine rings is 1. The number of nitrogens with zero attached hydrogens (tertiary/aromatic N) is 1. The van der Waals surface area contributed by atoms with Crippen LogP contribution >= 0.6 is 0 Å². The number of hydrogen-bond acceptors (Lipinski definition) is 3. The summed E-state index contributed by atoms with van der Waals surface area (Å²) in [5.41, 5.74) is 5.07. The van der Waals surface area contributed by atoms with Crippen LogP contribution in [0.15, 0.2) is 0 Å². The van der Waals surface area contributed by atoms with E-state index in [2.05, 4.69) is 0 Å². The summed E-state index contributed by atoms with van der Waals surface area (Å²) in [5, 5.41) is 9.29. The van der Waals surface area contributed by atoms with Gasteiger partial charge >= 0.3 is 5.97 Å². The zero-order chi connectivity index (χ0) is 13.9. The van der Waals surface area contributed by atoms with Crippen molar-refractivity contribution in [2.45, 2.75) is 58.0 Å². The molecule has 0 aromatic rings. The average molecular weight is 256 g/mol. The monoisotopic (exact) mass is 256 g/mol. The number of nitrogens with two attached hydrogens (primary N) is 1. The number of carbonyl (C=O) groups excluding carboxylic acids is 1. The van der Waals surface area contributed by atoms with Gasteiger partial charge in [-0.15, -0.1) is 0 Å². The van der Waals surface area contributed by atoms with Gasteiger partial charge in [0.2, 0.25) is 5.91 Å². The minimum Gasteiger partial charge on any atom is -0.480 e. The largest absolute Gasteiger partial charge is 0.480 e. The highest BCUT2D eigenvalue weighted by Gasteiger charge is 2.42. The first-order valence-electron chi connectivity index (χ1n) is 6.64. The minimum absolute atomic E-state index is 0.0161. The zero-order valence-electron chi connectivity index (χ0n) is 11.5. The second-order valence-electron chi connectivity index (χ2n) is 5.57. The molecule has 1 aliphatic heterocycles. The van der Waals surface area contributed by atoms with Crippen LogP contribution in [-0.2, 0) is 9.59 Å². The Morgan fingerprint density at radius 1 is 1.50 bits per heavy atom. The van der Waals surface area contributed by atoms with E-state index >= 15 is 0 Å². The van der Waals surface area contributed by atoms with Crippen LogP contribution in [0.4, 0.5) is 0 Å². The van der Waals surface area contributed by atoms with Gasteiger partial charge in [0.15, 0.2) is 0 Å². The number of carboxylic acid groups (broad SMARTS) is 1. The number of amides is 1. The molecule has 1 fully saturated rings. The molecular weight excluding hydrogens is 232 g/mol. The number of rotatable bonds is 4.